The van der Waals surface area contributed by atoms with Gasteiger partial charge in [-0.2, -0.15) is 0 Å². The van der Waals surface area contributed by atoms with Gasteiger partial charge in [-0.25, -0.2) is 9.18 Å². The van der Waals surface area contributed by atoms with Crippen LogP contribution in [0.5, 0.6) is 5.75 Å². The molecule has 1 saturated heterocycles. The molecule has 144 valence electrons. The highest BCUT2D eigenvalue weighted by Gasteiger charge is 2.22. The number of anilines is 1. The smallest absolute Gasteiger partial charge is 0.322 e. The van der Waals surface area contributed by atoms with Crippen LogP contribution in [0.2, 0.25) is 5.02 Å². The molecule has 27 heavy (non-hydrogen) atoms. The molecule has 5 nitrogen and oxygen atoms in total. The van der Waals surface area contributed by atoms with Gasteiger partial charge < -0.3 is 15.0 Å². The standard InChI is InChI=1S/C20H23ClFN3O2/c1-14-11-18(19(27-2)12-16(14)21)23-20(26)25-9-7-24(8-10-25)13-15-5-3-4-6-17(15)22/h3-6,11-12H,7-10,13H2,1-2H3,(H,23,26). The fourth-order valence-electron chi connectivity index (χ4n) is 3.10. The first-order valence-corrected chi connectivity index (χ1v) is 9.21. The fraction of sp³-hybridized carbons (Fsp3) is 0.350. The summed E-state index contributed by atoms with van der Waals surface area (Å²) in [5, 5.41) is 3.49. The number of hydrogen-bond donors (Lipinski definition) is 1. The van der Waals surface area contributed by atoms with E-state index in [0.717, 1.165) is 5.56 Å². The van der Waals surface area contributed by atoms with Crippen LogP contribution in [0.1, 0.15) is 11.1 Å². The third-order valence-corrected chi connectivity index (χ3v) is 5.14. The van der Waals surface area contributed by atoms with Crippen molar-refractivity contribution in [1.82, 2.24) is 9.80 Å². The minimum atomic E-state index is -0.192. The number of carbonyl (C=O) groups is 1. The third-order valence-electron chi connectivity index (χ3n) is 4.73. The minimum Gasteiger partial charge on any atom is -0.495 e. The van der Waals surface area contributed by atoms with Gasteiger partial charge in [0.05, 0.1) is 12.8 Å². The lowest BCUT2D eigenvalue weighted by atomic mass is 10.2. The highest BCUT2D eigenvalue weighted by Crippen LogP contribution is 2.31. The number of benzene rings is 2. The molecule has 0 aromatic heterocycles. The molecule has 0 aliphatic carbocycles. The molecule has 1 aliphatic rings. The maximum Gasteiger partial charge on any atom is 0.322 e. The number of hydrogen-bond acceptors (Lipinski definition) is 3. The highest BCUT2D eigenvalue weighted by atomic mass is 35.5. The Labute approximate surface area is 163 Å². The van der Waals surface area contributed by atoms with Crippen molar-refractivity contribution in [2.24, 2.45) is 0 Å². The topological polar surface area (TPSA) is 44.8 Å². The Balaban J connectivity index is 1.57. The maximum atomic E-state index is 13.8. The second-order valence-electron chi connectivity index (χ2n) is 6.59. The van der Waals surface area contributed by atoms with Gasteiger partial charge in [-0.15, -0.1) is 0 Å². The molecule has 0 unspecified atom stereocenters. The molecule has 0 atom stereocenters. The zero-order chi connectivity index (χ0) is 19.4. The van der Waals surface area contributed by atoms with Crippen molar-refractivity contribution in [2.45, 2.75) is 13.5 Å². The van der Waals surface area contributed by atoms with E-state index in [0.29, 0.717) is 54.7 Å². The normalized spacial score (nSPS) is 14.9. The molecule has 0 saturated carbocycles. The van der Waals surface area contributed by atoms with Crippen LogP contribution in [-0.2, 0) is 6.54 Å². The summed E-state index contributed by atoms with van der Waals surface area (Å²) in [6, 6.07) is 10.1. The minimum absolute atomic E-state index is 0.180. The molecule has 0 bridgehead atoms. The van der Waals surface area contributed by atoms with Crippen LogP contribution in [0.3, 0.4) is 0 Å². The van der Waals surface area contributed by atoms with Crippen molar-refractivity contribution in [3.63, 3.8) is 0 Å². The van der Waals surface area contributed by atoms with E-state index in [2.05, 4.69) is 10.2 Å². The summed E-state index contributed by atoms with van der Waals surface area (Å²) in [5.74, 6) is 0.333. The quantitative estimate of drug-likeness (QED) is 0.851. The lowest BCUT2D eigenvalue weighted by molar-refractivity contribution is 0.142. The SMILES string of the molecule is COc1cc(Cl)c(C)cc1NC(=O)N1CCN(Cc2ccccc2F)CC1. The van der Waals surface area contributed by atoms with Crippen LogP contribution in [0.15, 0.2) is 36.4 Å². The van der Waals surface area contributed by atoms with Gasteiger partial charge in [0.25, 0.3) is 0 Å². The van der Waals surface area contributed by atoms with Crippen molar-refractivity contribution in [1.29, 1.82) is 0 Å². The average molecular weight is 392 g/mol. The van der Waals surface area contributed by atoms with Crippen LogP contribution in [-0.4, -0.2) is 49.1 Å². The summed E-state index contributed by atoms with van der Waals surface area (Å²) in [4.78, 5) is 16.5. The number of nitrogens with one attached hydrogen (secondary N) is 1. The number of carbonyl (C=O) groups excluding carboxylic acids is 1. The third kappa shape index (κ3) is 4.70. The number of piperazine rings is 1. The van der Waals surface area contributed by atoms with E-state index in [9.17, 15) is 9.18 Å². The predicted molar refractivity (Wildman–Crippen MR) is 105 cm³/mol. The van der Waals surface area contributed by atoms with Gasteiger partial charge >= 0.3 is 6.03 Å². The maximum absolute atomic E-state index is 13.8. The first-order chi connectivity index (χ1) is 13.0. The Morgan fingerprint density at radius 2 is 1.93 bits per heavy atom. The molecule has 2 aromatic carbocycles. The van der Waals surface area contributed by atoms with Crippen molar-refractivity contribution < 1.29 is 13.9 Å². The largest absolute Gasteiger partial charge is 0.495 e. The van der Waals surface area contributed by atoms with E-state index in [1.54, 1.807) is 29.2 Å². The van der Waals surface area contributed by atoms with Crippen molar-refractivity contribution in [2.75, 3.05) is 38.6 Å². The van der Waals surface area contributed by atoms with Crippen molar-refractivity contribution in [3.05, 3.63) is 58.4 Å². The van der Waals surface area contributed by atoms with Crippen LogP contribution in [0.25, 0.3) is 0 Å². The molecule has 1 heterocycles. The summed E-state index contributed by atoms with van der Waals surface area (Å²) < 4.78 is 19.1. The summed E-state index contributed by atoms with van der Waals surface area (Å²) in [7, 11) is 1.54. The van der Waals surface area contributed by atoms with E-state index in [1.807, 2.05) is 13.0 Å². The van der Waals surface area contributed by atoms with Gasteiger partial charge in [-0.05, 0) is 24.6 Å². The number of rotatable bonds is 4. The number of nitrogens with zero attached hydrogens (tertiary/aromatic N) is 2. The Morgan fingerprint density at radius 1 is 1.22 bits per heavy atom. The van der Waals surface area contributed by atoms with Gasteiger partial charge in [0.2, 0.25) is 0 Å². The molecule has 0 radical (unpaired) electrons. The lowest BCUT2D eigenvalue weighted by Crippen LogP contribution is -2.49. The van der Waals surface area contributed by atoms with Crippen molar-refractivity contribution in [3.8, 4) is 5.75 Å². The molecule has 7 heteroatoms. The first kappa shape index (κ1) is 19.5. The van der Waals surface area contributed by atoms with E-state index < -0.39 is 0 Å². The molecular weight excluding hydrogens is 369 g/mol. The monoisotopic (exact) mass is 391 g/mol. The van der Waals surface area contributed by atoms with Gasteiger partial charge in [-0.1, -0.05) is 29.8 Å². The fourth-order valence-corrected chi connectivity index (χ4v) is 3.25. The Bertz CT molecular complexity index is 823. The molecule has 3 rings (SSSR count). The van der Waals surface area contributed by atoms with Crippen LogP contribution < -0.4 is 10.1 Å². The molecular formula is C20H23ClFN3O2. The average Bonchev–Trinajstić information content (AvgIpc) is 2.67. The number of amides is 2. The second-order valence-corrected chi connectivity index (χ2v) is 6.99. The van der Waals surface area contributed by atoms with E-state index in [4.69, 9.17) is 16.3 Å². The predicted octanol–water partition coefficient (Wildman–Crippen LogP) is 4.15. The van der Waals surface area contributed by atoms with Gasteiger partial charge in [-0.3, -0.25) is 4.90 Å². The highest BCUT2D eigenvalue weighted by molar-refractivity contribution is 6.31. The molecule has 2 amide bonds. The number of ether oxygens (including phenoxy) is 1. The number of methoxy groups -OCH3 is 1. The van der Waals surface area contributed by atoms with Gasteiger partial charge in [0.15, 0.2) is 0 Å². The summed E-state index contributed by atoms with van der Waals surface area (Å²) >= 11 is 6.11. The van der Waals surface area contributed by atoms with Crippen molar-refractivity contribution >= 4 is 23.3 Å². The Hall–Kier alpha value is -2.31. The summed E-state index contributed by atoms with van der Waals surface area (Å²) in [6.07, 6.45) is 0. The summed E-state index contributed by atoms with van der Waals surface area (Å²) in [6.45, 7) is 4.96. The second kappa shape index (κ2) is 8.59. The van der Waals surface area contributed by atoms with Gasteiger partial charge in [0, 0.05) is 49.4 Å². The molecule has 2 aromatic rings. The number of urea groups is 1. The summed E-state index contributed by atoms with van der Waals surface area (Å²) in [5.41, 5.74) is 2.14. The van der Waals surface area contributed by atoms with Crippen LogP contribution in [0, 0.1) is 12.7 Å². The molecule has 1 N–H and O–H groups in total. The zero-order valence-corrected chi connectivity index (χ0v) is 16.2. The van der Waals surface area contributed by atoms with E-state index in [-0.39, 0.29) is 11.8 Å². The molecule has 1 fully saturated rings. The first-order valence-electron chi connectivity index (χ1n) is 8.83. The van der Waals surface area contributed by atoms with Gasteiger partial charge in [0.1, 0.15) is 11.6 Å². The molecule has 1 aliphatic heterocycles. The van der Waals surface area contributed by atoms with Crippen LogP contribution in [0.4, 0.5) is 14.9 Å². The van der Waals surface area contributed by atoms with E-state index >= 15 is 0 Å². The Kier molecular flexibility index (Phi) is 6.19. The lowest BCUT2D eigenvalue weighted by Gasteiger charge is -2.34. The Morgan fingerprint density at radius 3 is 2.59 bits per heavy atom. The van der Waals surface area contributed by atoms with Crippen LogP contribution >= 0.6 is 11.6 Å². The zero-order valence-electron chi connectivity index (χ0n) is 15.5. The van der Waals surface area contributed by atoms with E-state index in [1.165, 1.54) is 13.2 Å². The number of halogens is 2. The molecule has 0 spiro atoms. The number of aryl methyl sites for hydroxylation is 1.